The number of carbonyl (C=O) groups is 1. The van der Waals surface area contributed by atoms with Crippen molar-refractivity contribution in [3.05, 3.63) is 59.4 Å². The molecule has 1 N–H and O–H groups in total. The fraction of sp³-hybridized carbons (Fsp3) is 0.458. The van der Waals surface area contributed by atoms with Gasteiger partial charge in [0.05, 0.1) is 42.4 Å². The van der Waals surface area contributed by atoms with Crippen LogP contribution in [0.15, 0.2) is 42.5 Å². The van der Waals surface area contributed by atoms with Gasteiger partial charge in [-0.25, -0.2) is 4.39 Å². The number of fused-ring (bicyclic) bond motifs is 3. The molecule has 2 aromatic carbocycles. The van der Waals surface area contributed by atoms with Crippen LogP contribution in [0.2, 0.25) is 0 Å². The molecule has 152 valence electrons. The third kappa shape index (κ3) is 3.31. The van der Waals surface area contributed by atoms with Crippen molar-refractivity contribution in [2.75, 3.05) is 49.5 Å². The normalized spacial score (nSPS) is 30.5. The molecule has 2 aromatic rings. The smallest absolute Gasteiger partial charge is 0.163 e. The van der Waals surface area contributed by atoms with E-state index in [9.17, 15) is 9.18 Å². The first-order chi connectivity index (χ1) is 15.6. The molecule has 0 amide bonds. The summed E-state index contributed by atoms with van der Waals surface area (Å²) < 4.78 is 47.5. The Balaban J connectivity index is 1.30. The highest BCUT2D eigenvalue weighted by atomic mass is 19.1. The van der Waals surface area contributed by atoms with E-state index in [1.807, 2.05) is 12.1 Å². The zero-order valence-corrected chi connectivity index (χ0v) is 16.6. The second kappa shape index (κ2) is 7.45. The van der Waals surface area contributed by atoms with Gasteiger partial charge in [-0.1, -0.05) is 12.1 Å². The summed E-state index contributed by atoms with van der Waals surface area (Å²) in [6.45, 7) is -1.73. The van der Waals surface area contributed by atoms with Crippen molar-refractivity contribution in [2.45, 2.75) is 31.2 Å². The number of Topliss-reactive ketones (excluding diaryl/α,β-unsaturated/α-hetero) is 1. The summed E-state index contributed by atoms with van der Waals surface area (Å²) in [5, 5.41) is 0. The molecular formula is C24H29FN3O+. The average Bonchev–Trinajstić information content (AvgIpc) is 3.12. The molecule has 5 heteroatoms. The predicted molar refractivity (Wildman–Crippen MR) is 114 cm³/mol. The number of nitrogens with one attached hydrogen (secondary N) is 1. The Bertz CT molecular complexity index is 1080. The summed E-state index contributed by atoms with van der Waals surface area (Å²) in [6.07, 6.45) is 1.94. The highest BCUT2D eigenvalue weighted by Gasteiger charge is 2.46. The van der Waals surface area contributed by atoms with Gasteiger partial charge in [0.15, 0.2) is 5.78 Å². The van der Waals surface area contributed by atoms with Gasteiger partial charge in [-0.15, -0.1) is 0 Å². The third-order valence-electron chi connectivity index (χ3n) is 6.58. The highest BCUT2D eigenvalue weighted by molar-refractivity contribution is 5.95. The summed E-state index contributed by atoms with van der Waals surface area (Å²) in [7, 11) is 1.63. The molecular weight excluding hydrogens is 365 g/mol. The minimum atomic E-state index is -2.14. The molecule has 1 unspecified atom stereocenters. The van der Waals surface area contributed by atoms with Crippen LogP contribution in [0.4, 0.5) is 15.8 Å². The van der Waals surface area contributed by atoms with E-state index < -0.39 is 13.0 Å². The molecule has 3 heterocycles. The van der Waals surface area contributed by atoms with Gasteiger partial charge in [-0.3, -0.25) is 4.79 Å². The predicted octanol–water partition coefficient (Wildman–Crippen LogP) is 2.50. The zero-order chi connectivity index (χ0) is 23.5. The summed E-state index contributed by atoms with van der Waals surface area (Å²) in [6, 6.07) is 11.5. The molecule has 3 aliphatic rings. The number of hydrogen-bond acceptors (Lipinski definition) is 3. The zero-order valence-electron chi connectivity index (χ0n) is 20.6. The molecule has 3 aliphatic heterocycles. The molecule has 0 spiro atoms. The van der Waals surface area contributed by atoms with Crippen LogP contribution in [0, 0.1) is 5.82 Å². The monoisotopic (exact) mass is 398 g/mol. The van der Waals surface area contributed by atoms with Gasteiger partial charge in [0.1, 0.15) is 5.82 Å². The Kier molecular flexibility index (Phi) is 3.74. The molecule has 0 aromatic heterocycles. The largest absolute Gasteiger partial charge is 0.371 e. The number of halogens is 1. The van der Waals surface area contributed by atoms with Crippen molar-refractivity contribution in [1.82, 2.24) is 0 Å². The molecule has 1 saturated heterocycles. The summed E-state index contributed by atoms with van der Waals surface area (Å²) in [4.78, 5) is 17.0. The Morgan fingerprint density at radius 1 is 1.24 bits per heavy atom. The first kappa shape index (κ1) is 14.6. The molecule has 4 nitrogen and oxygen atoms in total. The van der Waals surface area contributed by atoms with Gasteiger partial charge in [0.25, 0.3) is 0 Å². The lowest BCUT2D eigenvalue weighted by Crippen LogP contribution is -3.14. The fourth-order valence-corrected chi connectivity index (χ4v) is 5.11. The van der Waals surface area contributed by atoms with Crippen molar-refractivity contribution in [2.24, 2.45) is 0 Å². The number of nitrogens with zero attached hydrogens (tertiary/aromatic N) is 2. The number of rotatable bonds is 5. The molecule has 1 fully saturated rings. The van der Waals surface area contributed by atoms with Crippen LogP contribution in [0.5, 0.6) is 0 Å². The van der Waals surface area contributed by atoms with Crippen LogP contribution < -0.4 is 14.7 Å². The summed E-state index contributed by atoms with van der Waals surface area (Å²) in [5.74, 6) is -0.190. The lowest BCUT2D eigenvalue weighted by Gasteiger charge is -2.40. The number of anilines is 2. The number of piperidine rings is 1. The van der Waals surface area contributed by atoms with Crippen molar-refractivity contribution >= 4 is 17.2 Å². The quantitative estimate of drug-likeness (QED) is 0.785. The number of hydrogen-bond donors (Lipinski definition) is 1. The number of carbonyl (C=O) groups excluding carboxylic acids is 1. The van der Waals surface area contributed by atoms with Gasteiger partial charge >= 0.3 is 0 Å². The summed E-state index contributed by atoms with van der Waals surface area (Å²) >= 11 is 0. The van der Waals surface area contributed by atoms with Gasteiger partial charge in [-0.2, -0.15) is 0 Å². The molecule has 0 saturated carbocycles. The van der Waals surface area contributed by atoms with E-state index in [2.05, 4.69) is 6.07 Å². The van der Waals surface area contributed by atoms with Crippen LogP contribution in [0.3, 0.4) is 0 Å². The van der Waals surface area contributed by atoms with Gasteiger partial charge in [0.2, 0.25) is 0 Å². The van der Waals surface area contributed by atoms with E-state index >= 15 is 0 Å². The van der Waals surface area contributed by atoms with Crippen molar-refractivity contribution in [3.8, 4) is 0 Å². The van der Waals surface area contributed by atoms with E-state index in [1.54, 1.807) is 11.9 Å². The molecule has 0 radical (unpaired) electrons. The molecule has 0 bridgehead atoms. The summed E-state index contributed by atoms with van der Waals surface area (Å²) in [5.41, 5.74) is 3.22. The number of likely N-dealkylation sites (N-methyl/N-ethyl adjacent to an activating group) is 1. The second-order valence-corrected chi connectivity index (χ2v) is 8.32. The number of likely N-dealkylation sites (tertiary alicyclic amines) is 1. The van der Waals surface area contributed by atoms with Gasteiger partial charge < -0.3 is 14.7 Å². The Morgan fingerprint density at radius 3 is 2.90 bits per heavy atom. The SMILES string of the molecule is [2H]C1([2H])N(C)c2cccc3c2N([C@H]2CC[NH+](CCCC(=O)c4ccc(F)cc4)C[C@@H]32)C1([2H])[2H]. The van der Waals surface area contributed by atoms with Crippen molar-refractivity contribution in [1.29, 1.82) is 0 Å². The van der Waals surface area contributed by atoms with Gasteiger partial charge in [-0.05, 0) is 35.9 Å². The Morgan fingerprint density at radius 2 is 2.07 bits per heavy atom. The highest BCUT2D eigenvalue weighted by Crippen LogP contribution is 2.48. The van der Waals surface area contributed by atoms with Crippen LogP contribution in [-0.4, -0.2) is 51.5 Å². The number of ketones is 1. The van der Waals surface area contributed by atoms with Crippen molar-refractivity contribution in [3.63, 3.8) is 0 Å². The number of para-hydroxylation sites is 1. The van der Waals surface area contributed by atoms with Crippen LogP contribution in [-0.2, 0) is 0 Å². The maximum absolute atomic E-state index is 13.1. The van der Waals surface area contributed by atoms with Crippen LogP contribution in [0.25, 0.3) is 0 Å². The van der Waals surface area contributed by atoms with E-state index in [0.29, 0.717) is 12.0 Å². The lowest BCUT2D eigenvalue weighted by atomic mass is 9.89. The Labute approximate surface area is 177 Å². The van der Waals surface area contributed by atoms with E-state index in [1.165, 1.54) is 34.1 Å². The number of quaternary nitrogens is 1. The molecule has 29 heavy (non-hydrogen) atoms. The molecule has 5 rings (SSSR count). The second-order valence-electron chi connectivity index (χ2n) is 8.32. The minimum absolute atomic E-state index is 0.0238. The lowest BCUT2D eigenvalue weighted by molar-refractivity contribution is -0.906. The first-order valence-electron chi connectivity index (χ1n) is 12.4. The molecule has 0 aliphatic carbocycles. The topological polar surface area (TPSA) is 28.0 Å². The number of benzene rings is 2. The van der Waals surface area contributed by atoms with E-state index in [0.717, 1.165) is 49.4 Å². The van der Waals surface area contributed by atoms with Crippen LogP contribution >= 0.6 is 0 Å². The maximum Gasteiger partial charge on any atom is 0.163 e. The fourth-order valence-electron chi connectivity index (χ4n) is 5.11. The van der Waals surface area contributed by atoms with Crippen molar-refractivity contribution < 1.29 is 19.6 Å². The van der Waals surface area contributed by atoms with E-state index in [4.69, 9.17) is 5.48 Å². The average molecular weight is 399 g/mol. The third-order valence-corrected chi connectivity index (χ3v) is 6.58. The minimum Gasteiger partial charge on any atom is -0.371 e. The standard InChI is InChI=1S/C24H28FN3O/c1-26-14-15-28-21-11-13-27(16-20(21)19-4-2-5-22(26)24(19)28)12-3-6-23(29)17-7-9-18(25)10-8-17/h2,4-5,7-10,20-21H,3,6,11-16H2,1H3/p+1/t20-,21-/m0/s1/i14D2,15D2. The Hall–Kier alpha value is -2.40. The van der Waals surface area contributed by atoms with Gasteiger partial charge in [0, 0.05) is 50.9 Å². The molecule has 3 atom stereocenters. The van der Waals surface area contributed by atoms with Crippen LogP contribution in [0.1, 0.15) is 46.6 Å². The maximum atomic E-state index is 13.1. The first-order valence-corrected chi connectivity index (χ1v) is 10.4. The van der Waals surface area contributed by atoms with E-state index in [-0.39, 0.29) is 23.6 Å².